The molecule has 178 valence electrons. The van der Waals surface area contributed by atoms with Crippen molar-refractivity contribution in [1.29, 1.82) is 0 Å². The van der Waals surface area contributed by atoms with E-state index in [0.29, 0.717) is 10.1 Å². The smallest absolute Gasteiger partial charge is 0.187 e. The van der Waals surface area contributed by atoms with Gasteiger partial charge in [-0.3, -0.25) is 4.79 Å². The zero-order chi connectivity index (χ0) is 24.9. The van der Waals surface area contributed by atoms with Gasteiger partial charge in [-0.2, -0.15) is 5.10 Å². The molecule has 0 unspecified atom stereocenters. The number of carbonyl (C=O) groups excluding carboxylic acids is 1. The molecule has 36 heavy (non-hydrogen) atoms. The summed E-state index contributed by atoms with van der Waals surface area (Å²) in [6, 6.07) is 35.6. The summed E-state index contributed by atoms with van der Waals surface area (Å²) in [7, 11) is 0. The number of thioether (sulfide) groups is 2. The number of hydrogen-bond acceptors (Lipinski definition) is 5. The average molecular weight is 527 g/mol. The number of hydrazone groups is 1. The summed E-state index contributed by atoms with van der Waals surface area (Å²) in [5.74, 6) is -0.0449. The molecule has 1 spiro atoms. The molecular formula is C30H23ClN2OS2. The number of fused-ring (bicyclic) bond motifs is 2. The van der Waals surface area contributed by atoms with Crippen molar-refractivity contribution < 1.29 is 4.79 Å². The third-order valence-electron chi connectivity index (χ3n) is 6.77. The summed E-state index contributed by atoms with van der Waals surface area (Å²) >= 11 is 9.93. The lowest BCUT2D eigenvalue weighted by Gasteiger charge is -2.37. The van der Waals surface area contributed by atoms with E-state index < -0.39 is 8.95 Å². The molecule has 0 bridgehead atoms. The van der Waals surface area contributed by atoms with Gasteiger partial charge in [0.1, 0.15) is 0 Å². The monoisotopic (exact) mass is 526 g/mol. The number of hydrogen-bond donors (Lipinski definition) is 0. The third kappa shape index (κ3) is 3.37. The second-order valence-electron chi connectivity index (χ2n) is 8.90. The summed E-state index contributed by atoms with van der Waals surface area (Å²) < 4.78 is -1.20. The maximum Gasteiger partial charge on any atom is 0.187 e. The number of nitrogens with zero attached hydrogens (tertiary/aromatic N) is 2. The van der Waals surface area contributed by atoms with Gasteiger partial charge in [-0.25, -0.2) is 5.01 Å². The van der Waals surface area contributed by atoms with Crippen LogP contribution in [0.5, 0.6) is 0 Å². The van der Waals surface area contributed by atoms with Gasteiger partial charge in [0.15, 0.2) is 15.0 Å². The molecule has 3 nitrogen and oxygen atoms in total. The number of carbonyl (C=O) groups is 1. The van der Waals surface area contributed by atoms with Crippen molar-refractivity contribution in [3.8, 4) is 0 Å². The minimum atomic E-state index is -0.696. The summed E-state index contributed by atoms with van der Waals surface area (Å²) in [6.07, 6.45) is 0. The molecule has 2 aliphatic rings. The average Bonchev–Trinajstić information content (AvgIpc) is 3.44. The van der Waals surface area contributed by atoms with Gasteiger partial charge in [-0.15, -0.1) is 0 Å². The van der Waals surface area contributed by atoms with Crippen molar-refractivity contribution in [3.63, 3.8) is 0 Å². The molecule has 2 aliphatic heterocycles. The van der Waals surface area contributed by atoms with Gasteiger partial charge in [0.2, 0.25) is 0 Å². The molecule has 4 aromatic rings. The highest BCUT2D eigenvalue weighted by molar-refractivity contribution is 8.27. The minimum absolute atomic E-state index is 0.0449. The Morgan fingerprint density at radius 2 is 1.39 bits per heavy atom. The van der Waals surface area contributed by atoms with Crippen LogP contribution in [0.4, 0.5) is 5.69 Å². The fourth-order valence-corrected chi connectivity index (χ4v) is 8.80. The van der Waals surface area contributed by atoms with Crippen molar-refractivity contribution in [2.45, 2.75) is 22.8 Å². The summed E-state index contributed by atoms with van der Waals surface area (Å²) in [4.78, 5) is 12.7. The van der Waals surface area contributed by atoms with Gasteiger partial charge >= 0.3 is 0 Å². The molecule has 0 saturated carbocycles. The van der Waals surface area contributed by atoms with E-state index in [2.05, 4.69) is 72.8 Å². The predicted octanol–water partition coefficient (Wildman–Crippen LogP) is 7.95. The van der Waals surface area contributed by atoms with Crippen molar-refractivity contribution in [3.05, 3.63) is 136 Å². The standard InChI is InChI=1S/C30H23ClN2OS2/c1-20-26(31)18-11-19-27(20)33-30(35-28(32-33)21(2)34)25-17-10-9-16-24(25)29(36-30,22-12-5-3-6-13-22)23-14-7-4-8-15-23/h3-19H,1-2H3/t30-/m0/s1. The van der Waals surface area contributed by atoms with Crippen LogP contribution >= 0.6 is 35.1 Å². The van der Waals surface area contributed by atoms with Crippen LogP contribution in [0.1, 0.15) is 34.7 Å². The van der Waals surface area contributed by atoms with E-state index in [-0.39, 0.29) is 5.78 Å². The van der Waals surface area contributed by atoms with E-state index in [9.17, 15) is 4.79 Å². The first-order valence-electron chi connectivity index (χ1n) is 11.7. The first-order chi connectivity index (χ1) is 17.5. The van der Waals surface area contributed by atoms with Crippen LogP contribution in [0.2, 0.25) is 5.02 Å². The zero-order valence-electron chi connectivity index (χ0n) is 19.8. The van der Waals surface area contributed by atoms with E-state index >= 15 is 0 Å². The van der Waals surface area contributed by atoms with Crippen molar-refractivity contribution >= 4 is 51.6 Å². The molecule has 0 amide bonds. The van der Waals surface area contributed by atoms with Gasteiger partial charge < -0.3 is 0 Å². The molecule has 1 atom stereocenters. The van der Waals surface area contributed by atoms with Crippen LogP contribution in [0.3, 0.4) is 0 Å². The van der Waals surface area contributed by atoms with Crippen LogP contribution in [-0.2, 0) is 13.7 Å². The molecular weight excluding hydrogens is 504 g/mol. The number of rotatable bonds is 4. The quantitative estimate of drug-likeness (QED) is 0.270. The number of Topliss-reactive ketones (excluding diaryl/α,β-unsaturated/α-hetero) is 1. The lowest BCUT2D eigenvalue weighted by Crippen LogP contribution is -2.34. The zero-order valence-corrected chi connectivity index (χ0v) is 22.2. The third-order valence-corrected chi connectivity index (χ3v) is 10.6. The van der Waals surface area contributed by atoms with E-state index in [4.69, 9.17) is 16.7 Å². The van der Waals surface area contributed by atoms with Gasteiger partial charge in [-0.1, -0.05) is 126 Å². The first-order valence-corrected chi connectivity index (χ1v) is 13.7. The van der Waals surface area contributed by atoms with E-state index in [1.807, 2.05) is 54.0 Å². The molecule has 4 aromatic carbocycles. The van der Waals surface area contributed by atoms with Gasteiger partial charge in [0.05, 0.1) is 10.4 Å². The SMILES string of the molecule is CC(=O)C1=NN(c2cccc(Cl)c2C)[C@@]2(S1)SC(c1ccccc1)(c1ccccc1)c1ccccc12. The summed E-state index contributed by atoms with van der Waals surface area (Å²) in [6.45, 7) is 3.59. The van der Waals surface area contributed by atoms with Crippen LogP contribution < -0.4 is 5.01 Å². The van der Waals surface area contributed by atoms with E-state index in [1.54, 1.807) is 6.92 Å². The largest absolute Gasteiger partial charge is 0.292 e. The highest BCUT2D eigenvalue weighted by Crippen LogP contribution is 2.71. The number of ketones is 1. The number of anilines is 1. The molecule has 0 saturated heterocycles. The van der Waals surface area contributed by atoms with Crippen LogP contribution in [0.25, 0.3) is 0 Å². The minimum Gasteiger partial charge on any atom is -0.292 e. The number of halogens is 1. The van der Waals surface area contributed by atoms with Crippen molar-refractivity contribution in [2.75, 3.05) is 5.01 Å². The highest BCUT2D eigenvalue weighted by atomic mass is 35.5. The predicted molar refractivity (Wildman–Crippen MR) is 153 cm³/mol. The van der Waals surface area contributed by atoms with Gasteiger partial charge in [-0.05, 0) is 41.3 Å². The lowest BCUT2D eigenvalue weighted by atomic mass is 9.82. The molecule has 0 aliphatic carbocycles. The summed E-state index contributed by atoms with van der Waals surface area (Å²) in [5, 5.41) is 8.12. The number of benzene rings is 4. The van der Waals surface area contributed by atoms with Crippen LogP contribution in [0, 0.1) is 6.92 Å². The summed E-state index contributed by atoms with van der Waals surface area (Å²) in [5.41, 5.74) is 6.53. The maximum atomic E-state index is 12.7. The Bertz CT molecular complexity index is 1470. The van der Waals surface area contributed by atoms with Crippen molar-refractivity contribution in [1.82, 2.24) is 0 Å². The van der Waals surface area contributed by atoms with Crippen LogP contribution in [0.15, 0.2) is 108 Å². The molecule has 0 radical (unpaired) electrons. The Kier molecular flexibility index (Phi) is 5.75. The topological polar surface area (TPSA) is 32.7 Å². The fraction of sp³-hybridized carbons (Fsp3) is 0.133. The van der Waals surface area contributed by atoms with Crippen molar-refractivity contribution in [2.24, 2.45) is 5.10 Å². The second-order valence-corrected chi connectivity index (χ2v) is 12.2. The molecule has 0 fully saturated rings. The lowest BCUT2D eigenvalue weighted by molar-refractivity contribution is -0.110. The Hall–Kier alpha value is -2.99. The molecule has 2 heterocycles. The Labute approximate surface area is 224 Å². The molecule has 6 rings (SSSR count). The fourth-order valence-electron chi connectivity index (χ4n) is 5.09. The first kappa shape index (κ1) is 23.4. The second kappa shape index (κ2) is 8.84. The highest BCUT2D eigenvalue weighted by Gasteiger charge is 2.61. The van der Waals surface area contributed by atoms with Gasteiger partial charge in [0, 0.05) is 17.5 Å². The van der Waals surface area contributed by atoms with Crippen LogP contribution in [-0.4, -0.2) is 10.8 Å². The van der Waals surface area contributed by atoms with E-state index in [0.717, 1.165) is 16.8 Å². The maximum absolute atomic E-state index is 12.7. The Morgan fingerprint density at radius 1 is 0.806 bits per heavy atom. The molecule has 6 heteroatoms. The van der Waals surface area contributed by atoms with E-state index in [1.165, 1.54) is 28.5 Å². The van der Waals surface area contributed by atoms with Gasteiger partial charge in [0.25, 0.3) is 0 Å². The normalized spacial score (nSPS) is 19.9. The molecule has 0 aromatic heterocycles. The Morgan fingerprint density at radius 3 is 2.00 bits per heavy atom. The molecule has 0 N–H and O–H groups in total. The Balaban J connectivity index is 1.67.